The first-order valence-corrected chi connectivity index (χ1v) is 11.3. The van der Waals surface area contributed by atoms with Crippen LogP contribution in [0.3, 0.4) is 0 Å². The number of hydrogen-bond acceptors (Lipinski definition) is 2. The van der Waals surface area contributed by atoms with Crippen molar-refractivity contribution in [1.82, 2.24) is 10.2 Å². The third-order valence-corrected chi connectivity index (χ3v) is 9.32. The fourth-order valence-corrected chi connectivity index (χ4v) is 7.30. The van der Waals surface area contributed by atoms with Crippen molar-refractivity contribution < 1.29 is 9.59 Å². The molecule has 156 valence electrons. The molecular weight excluding hydrogens is 348 g/mol. The van der Waals surface area contributed by atoms with Crippen molar-refractivity contribution in [3.8, 4) is 0 Å². The zero-order valence-electron chi connectivity index (χ0n) is 18.5. The Bertz CT molecular complexity index is 708. The largest absolute Gasteiger partial charge is 0.349 e. The highest BCUT2D eigenvalue weighted by atomic mass is 16.2. The molecule has 4 rings (SSSR count). The maximum atomic E-state index is 13.4. The highest BCUT2D eigenvalue weighted by Gasteiger charge is 2.61. The van der Waals surface area contributed by atoms with Gasteiger partial charge in [-0.3, -0.25) is 9.59 Å². The molecule has 0 aromatic rings. The molecule has 4 heteroatoms. The Labute approximate surface area is 170 Å². The third-order valence-electron chi connectivity index (χ3n) is 9.32. The van der Waals surface area contributed by atoms with E-state index >= 15 is 0 Å². The van der Waals surface area contributed by atoms with Crippen LogP contribution in [0.1, 0.15) is 73.1 Å². The Hall–Kier alpha value is -1.32. The second-order valence-corrected chi connectivity index (χ2v) is 11.5. The van der Waals surface area contributed by atoms with Gasteiger partial charge >= 0.3 is 0 Å². The first kappa shape index (κ1) is 20.0. The van der Waals surface area contributed by atoms with Gasteiger partial charge in [0, 0.05) is 30.0 Å². The Balaban J connectivity index is 1.60. The van der Waals surface area contributed by atoms with Crippen LogP contribution < -0.4 is 5.32 Å². The summed E-state index contributed by atoms with van der Waals surface area (Å²) in [6.07, 6.45) is 10.8. The fourth-order valence-electron chi connectivity index (χ4n) is 7.30. The van der Waals surface area contributed by atoms with E-state index in [9.17, 15) is 9.59 Å². The molecule has 7 atom stereocenters. The zero-order chi connectivity index (χ0) is 20.5. The van der Waals surface area contributed by atoms with E-state index in [0.717, 1.165) is 19.3 Å². The molecule has 0 radical (unpaired) electrons. The van der Waals surface area contributed by atoms with E-state index in [-0.39, 0.29) is 34.2 Å². The summed E-state index contributed by atoms with van der Waals surface area (Å²) in [5.41, 5.74) is 0.0738. The summed E-state index contributed by atoms with van der Waals surface area (Å²) in [5.74, 6) is 2.51. The summed E-state index contributed by atoms with van der Waals surface area (Å²) in [7, 11) is 1.98. The Kier molecular flexibility index (Phi) is 4.52. The lowest BCUT2D eigenvalue weighted by molar-refractivity contribution is -0.146. The lowest BCUT2D eigenvalue weighted by atomic mass is 9.48. The van der Waals surface area contributed by atoms with Crippen LogP contribution in [0.2, 0.25) is 0 Å². The molecule has 1 heterocycles. The number of nitrogens with zero attached hydrogens (tertiary/aromatic N) is 1. The second-order valence-electron chi connectivity index (χ2n) is 11.5. The Morgan fingerprint density at radius 3 is 2.50 bits per heavy atom. The van der Waals surface area contributed by atoms with E-state index in [4.69, 9.17) is 0 Å². The molecule has 0 unspecified atom stereocenters. The van der Waals surface area contributed by atoms with Gasteiger partial charge in [0.2, 0.25) is 11.8 Å². The molecule has 3 saturated carbocycles. The minimum absolute atomic E-state index is 0.0679. The molecule has 4 aliphatic rings. The normalized spacial score (nSPS) is 44.9. The monoisotopic (exact) mass is 386 g/mol. The van der Waals surface area contributed by atoms with Crippen molar-refractivity contribution in [3.05, 3.63) is 12.2 Å². The number of carbonyl (C=O) groups is 2. The lowest BCUT2D eigenvalue weighted by Gasteiger charge is -2.59. The molecule has 0 saturated heterocycles. The molecule has 3 aliphatic carbocycles. The third kappa shape index (κ3) is 2.77. The quantitative estimate of drug-likeness (QED) is 0.736. The van der Waals surface area contributed by atoms with Crippen LogP contribution >= 0.6 is 0 Å². The molecule has 2 amide bonds. The van der Waals surface area contributed by atoms with Crippen molar-refractivity contribution in [3.63, 3.8) is 0 Å². The van der Waals surface area contributed by atoms with Crippen molar-refractivity contribution in [2.75, 3.05) is 7.05 Å². The highest BCUT2D eigenvalue weighted by molar-refractivity contribution is 5.89. The van der Waals surface area contributed by atoms with Crippen molar-refractivity contribution in [2.45, 2.75) is 84.7 Å². The predicted molar refractivity (Wildman–Crippen MR) is 111 cm³/mol. The minimum atomic E-state index is -0.126. The molecule has 28 heavy (non-hydrogen) atoms. The van der Waals surface area contributed by atoms with Crippen LogP contribution in [-0.4, -0.2) is 35.3 Å². The molecule has 0 aromatic heterocycles. The number of hydrogen-bond donors (Lipinski definition) is 1. The van der Waals surface area contributed by atoms with Gasteiger partial charge in [-0.2, -0.15) is 0 Å². The summed E-state index contributed by atoms with van der Waals surface area (Å²) in [6, 6.07) is 0.279. The van der Waals surface area contributed by atoms with E-state index in [2.05, 4.69) is 46.0 Å². The smallest absolute Gasteiger partial charge is 0.243 e. The number of nitrogens with one attached hydrogen (secondary N) is 1. The topological polar surface area (TPSA) is 49.4 Å². The first-order chi connectivity index (χ1) is 13.0. The summed E-state index contributed by atoms with van der Waals surface area (Å²) in [6.45, 7) is 11.2. The number of carbonyl (C=O) groups excluding carboxylic acids is 2. The van der Waals surface area contributed by atoms with E-state index in [1.807, 2.05) is 11.9 Å². The predicted octanol–water partition coefficient (Wildman–Crippen LogP) is 4.16. The van der Waals surface area contributed by atoms with Crippen molar-refractivity contribution in [1.29, 1.82) is 0 Å². The second kappa shape index (κ2) is 6.34. The molecule has 1 N–H and O–H groups in total. The standard InChI is InChI=1S/C24H38N2O2/c1-22(2,3)26(6)21(28)18-9-8-16-15-7-10-19-24(5,14-12-20(27)25-19)17(15)11-13-23(16,18)4/h12,14-19H,7-11,13H2,1-6H3,(H,25,27)/t15-,16-,17-,18+,19+,23-,24+/m0/s1. The van der Waals surface area contributed by atoms with Gasteiger partial charge in [-0.15, -0.1) is 0 Å². The average molecular weight is 387 g/mol. The lowest BCUT2D eigenvalue weighted by Crippen LogP contribution is -2.59. The number of rotatable bonds is 1. The first-order valence-electron chi connectivity index (χ1n) is 11.3. The molecule has 0 bridgehead atoms. The van der Waals surface area contributed by atoms with Crippen LogP contribution in [0.15, 0.2) is 12.2 Å². The summed E-state index contributed by atoms with van der Waals surface area (Å²) >= 11 is 0. The number of fused-ring (bicyclic) bond motifs is 5. The Morgan fingerprint density at radius 1 is 1.11 bits per heavy atom. The van der Waals surface area contributed by atoms with Gasteiger partial charge < -0.3 is 10.2 Å². The van der Waals surface area contributed by atoms with Crippen LogP contribution in [0, 0.1) is 34.5 Å². The van der Waals surface area contributed by atoms with E-state index in [1.54, 1.807) is 6.08 Å². The summed E-state index contributed by atoms with van der Waals surface area (Å²) < 4.78 is 0. The van der Waals surface area contributed by atoms with Gasteiger partial charge in [0.25, 0.3) is 0 Å². The molecule has 0 spiro atoms. The zero-order valence-corrected chi connectivity index (χ0v) is 18.5. The maximum absolute atomic E-state index is 13.4. The molecule has 3 fully saturated rings. The average Bonchev–Trinajstić information content (AvgIpc) is 2.97. The molecule has 1 aliphatic heterocycles. The van der Waals surface area contributed by atoms with Gasteiger partial charge in [0.1, 0.15) is 0 Å². The van der Waals surface area contributed by atoms with Crippen molar-refractivity contribution >= 4 is 11.8 Å². The highest BCUT2D eigenvalue weighted by Crippen LogP contribution is 2.65. The van der Waals surface area contributed by atoms with Crippen LogP contribution in [-0.2, 0) is 9.59 Å². The maximum Gasteiger partial charge on any atom is 0.243 e. The van der Waals surface area contributed by atoms with Crippen LogP contribution in [0.4, 0.5) is 0 Å². The van der Waals surface area contributed by atoms with E-state index in [0.29, 0.717) is 23.7 Å². The van der Waals surface area contributed by atoms with Crippen LogP contribution in [0.5, 0.6) is 0 Å². The fraction of sp³-hybridized carbons (Fsp3) is 0.833. The van der Waals surface area contributed by atoms with Gasteiger partial charge in [0.05, 0.1) is 0 Å². The van der Waals surface area contributed by atoms with Gasteiger partial charge in [-0.25, -0.2) is 0 Å². The van der Waals surface area contributed by atoms with Crippen molar-refractivity contribution in [2.24, 2.45) is 34.5 Å². The molecule has 4 nitrogen and oxygen atoms in total. The SMILES string of the molecule is CN(C(=O)[C@H]1CC[C@H]2[C@@H]3CC[C@H]4NC(=O)C=C[C@]4(C)[C@H]3CC[C@]12C)C(C)(C)C. The molecule has 0 aromatic carbocycles. The summed E-state index contributed by atoms with van der Waals surface area (Å²) in [5, 5.41) is 3.23. The Morgan fingerprint density at radius 2 is 1.82 bits per heavy atom. The number of amides is 2. The van der Waals surface area contributed by atoms with Gasteiger partial charge in [0.15, 0.2) is 0 Å². The van der Waals surface area contributed by atoms with Gasteiger partial charge in [-0.1, -0.05) is 19.9 Å². The van der Waals surface area contributed by atoms with Crippen LogP contribution in [0.25, 0.3) is 0 Å². The van der Waals surface area contributed by atoms with E-state index < -0.39 is 0 Å². The van der Waals surface area contributed by atoms with Gasteiger partial charge in [-0.05, 0) is 88.5 Å². The summed E-state index contributed by atoms with van der Waals surface area (Å²) in [4.78, 5) is 27.3. The van der Waals surface area contributed by atoms with E-state index in [1.165, 1.54) is 19.3 Å². The minimum Gasteiger partial charge on any atom is -0.349 e. The molecular formula is C24H38N2O2.